The van der Waals surface area contributed by atoms with Crippen LogP contribution in [0, 0.1) is 12.8 Å². The fourth-order valence-electron chi connectivity index (χ4n) is 4.33. The maximum Gasteiger partial charge on any atom is 0.273 e. The Hall–Kier alpha value is -3.94. The molecule has 3 aromatic rings. The SMILES string of the molecule is CCc1ccc(N2N=C(C)C(C(=O)Nc3cccc(C(F)(F)CC)c3)C2=O)cc1-c1ccncc1C. The van der Waals surface area contributed by atoms with E-state index in [0.717, 1.165) is 28.7 Å². The summed E-state index contributed by atoms with van der Waals surface area (Å²) in [5, 5.41) is 8.22. The molecule has 0 fully saturated rings. The first kappa shape index (κ1) is 25.2. The second-order valence-electron chi connectivity index (χ2n) is 8.84. The van der Waals surface area contributed by atoms with E-state index in [1.807, 2.05) is 31.2 Å². The van der Waals surface area contributed by atoms with Crippen LogP contribution in [0.3, 0.4) is 0 Å². The van der Waals surface area contributed by atoms with Gasteiger partial charge in [-0.05, 0) is 72.9 Å². The molecule has 2 amide bonds. The second-order valence-corrected chi connectivity index (χ2v) is 8.84. The molecule has 1 N–H and O–H groups in total. The van der Waals surface area contributed by atoms with Gasteiger partial charge in [0.15, 0.2) is 5.92 Å². The summed E-state index contributed by atoms with van der Waals surface area (Å²) in [6, 6.07) is 13.1. The smallest absolute Gasteiger partial charge is 0.273 e. The van der Waals surface area contributed by atoms with Crippen molar-refractivity contribution in [2.24, 2.45) is 11.0 Å². The van der Waals surface area contributed by atoms with Crippen LogP contribution in [0.4, 0.5) is 20.2 Å². The molecule has 1 unspecified atom stereocenters. The fraction of sp³-hybridized carbons (Fsp3) is 0.286. The van der Waals surface area contributed by atoms with Crippen LogP contribution >= 0.6 is 0 Å². The molecule has 1 aliphatic rings. The molecule has 0 saturated carbocycles. The first-order valence-electron chi connectivity index (χ1n) is 11.9. The van der Waals surface area contributed by atoms with Gasteiger partial charge in [0.25, 0.3) is 11.8 Å². The second kappa shape index (κ2) is 9.97. The monoisotopic (exact) mass is 490 g/mol. The third kappa shape index (κ3) is 4.76. The molecule has 2 heterocycles. The van der Waals surface area contributed by atoms with Crippen LogP contribution in [0.15, 0.2) is 66.0 Å². The highest BCUT2D eigenvalue weighted by Gasteiger charge is 2.40. The molecule has 0 aliphatic carbocycles. The molecule has 1 aliphatic heterocycles. The first-order chi connectivity index (χ1) is 17.2. The summed E-state index contributed by atoms with van der Waals surface area (Å²) >= 11 is 0. The van der Waals surface area contributed by atoms with Crippen LogP contribution < -0.4 is 10.3 Å². The number of amides is 2. The standard InChI is InChI=1S/C28H28F2N4O2/c1-5-19-10-11-22(15-24(19)23-12-13-31-16-17(23)3)34-27(36)25(18(4)33-34)26(35)32-21-9-7-8-20(14-21)28(29,30)6-2/h7-16,25H,5-6H2,1-4H3,(H,32,35). The van der Waals surface area contributed by atoms with E-state index in [-0.39, 0.29) is 17.7 Å². The number of nitrogens with one attached hydrogen (secondary N) is 1. The van der Waals surface area contributed by atoms with Crippen molar-refractivity contribution >= 4 is 28.9 Å². The maximum absolute atomic E-state index is 14.1. The molecular weight excluding hydrogens is 462 g/mol. The lowest BCUT2D eigenvalue weighted by Gasteiger charge is -2.18. The number of aryl methyl sites for hydroxylation is 2. The summed E-state index contributed by atoms with van der Waals surface area (Å²) in [5.41, 5.74) is 4.97. The summed E-state index contributed by atoms with van der Waals surface area (Å²) < 4.78 is 28.2. The highest BCUT2D eigenvalue weighted by Crippen LogP contribution is 2.34. The lowest BCUT2D eigenvalue weighted by molar-refractivity contribution is -0.127. The largest absolute Gasteiger partial charge is 0.325 e. The summed E-state index contributed by atoms with van der Waals surface area (Å²) in [6.45, 7) is 7.04. The lowest BCUT2D eigenvalue weighted by atomic mass is 9.95. The number of benzene rings is 2. The topological polar surface area (TPSA) is 74.7 Å². The number of anilines is 2. The molecule has 1 atom stereocenters. The molecule has 1 aromatic heterocycles. The molecular formula is C28H28F2N4O2. The molecule has 0 radical (unpaired) electrons. The van der Waals surface area contributed by atoms with Gasteiger partial charge in [0.2, 0.25) is 5.91 Å². The van der Waals surface area contributed by atoms with Gasteiger partial charge in [0.1, 0.15) is 0 Å². The number of nitrogens with zero attached hydrogens (tertiary/aromatic N) is 3. The number of hydrogen-bond acceptors (Lipinski definition) is 4. The van der Waals surface area contributed by atoms with Crippen LogP contribution in [0.2, 0.25) is 0 Å². The van der Waals surface area contributed by atoms with Crippen molar-refractivity contribution in [2.75, 3.05) is 10.3 Å². The zero-order valence-corrected chi connectivity index (χ0v) is 20.7. The number of rotatable bonds is 7. The number of hydrazone groups is 1. The summed E-state index contributed by atoms with van der Waals surface area (Å²) in [5.74, 6) is -5.27. The Bertz CT molecular complexity index is 1350. The zero-order chi connectivity index (χ0) is 26.0. The van der Waals surface area contributed by atoms with Crippen molar-refractivity contribution in [1.82, 2.24) is 4.98 Å². The Balaban J connectivity index is 1.60. The van der Waals surface area contributed by atoms with E-state index in [4.69, 9.17) is 0 Å². The number of alkyl halides is 2. The van der Waals surface area contributed by atoms with E-state index >= 15 is 0 Å². The number of aromatic nitrogens is 1. The Kier molecular flexibility index (Phi) is 6.97. The van der Waals surface area contributed by atoms with Gasteiger partial charge in [-0.25, -0.2) is 8.78 Å². The van der Waals surface area contributed by atoms with Crippen LogP contribution in [0.1, 0.15) is 43.9 Å². The molecule has 4 rings (SSSR count). The highest BCUT2D eigenvalue weighted by atomic mass is 19.3. The van der Waals surface area contributed by atoms with Gasteiger partial charge in [0.05, 0.1) is 11.4 Å². The number of pyridine rings is 1. The van der Waals surface area contributed by atoms with E-state index in [1.165, 1.54) is 36.2 Å². The minimum atomic E-state index is -3.01. The number of hydrogen-bond donors (Lipinski definition) is 1. The highest BCUT2D eigenvalue weighted by molar-refractivity contribution is 6.28. The number of carbonyl (C=O) groups is 2. The van der Waals surface area contributed by atoms with Crippen molar-refractivity contribution in [3.05, 3.63) is 77.6 Å². The number of halogens is 2. The molecule has 0 spiro atoms. The van der Waals surface area contributed by atoms with Crippen molar-refractivity contribution < 1.29 is 18.4 Å². The zero-order valence-electron chi connectivity index (χ0n) is 20.7. The lowest BCUT2D eigenvalue weighted by Crippen LogP contribution is -2.36. The van der Waals surface area contributed by atoms with E-state index in [1.54, 1.807) is 19.3 Å². The van der Waals surface area contributed by atoms with E-state index in [2.05, 4.69) is 22.3 Å². The van der Waals surface area contributed by atoms with Crippen LogP contribution in [-0.4, -0.2) is 22.5 Å². The van der Waals surface area contributed by atoms with Crippen molar-refractivity contribution in [3.8, 4) is 11.1 Å². The Morgan fingerprint density at radius 2 is 1.86 bits per heavy atom. The van der Waals surface area contributed by atoms with Gasteiger partial charge in [-0.15, -0.1) is 0 Å². The predicted octanol–water partition coefficient (Wildman–Crippen LogP) is 6.10. The molecule has 0 saturated heterocycles. The van der Waals surface area contributed by atoms with Gasteiger partial charge < -0.3 is 5.32 Å². The third-order valence-electron chi connectivity index (χ3n) is 6.42. The molecule has 0 bridgehead atoms. The molecule has 2 aromatic carbocycles. The van der Waals surface area contributed by atoms with E-state index in [0.29, 0.717) is 11.4 Å². The average molecular weight is 491 g/mol. The normalized spacial score (nSPS) is 15.7. The van der Waals surface area contributed by atoms with Gasteiger partial charge >= 0.3 is 0 Å². The van der Waals surface area contributed by atoms with Crippen molar-refractivity contribution in [1.29, 1.82) is 0 Å². The summed E-state index contributed by atoms with van der Waals surface area (Å²) in [7, 11) is 0. The fourth-order valence-corrected chi connectivity index (χ4v) is 4.33. The average Bonchev–Trinajstić information content (AvgIpc) is 3.17. The minimum Gasteiger partial charge on any atom is -0.325 e. The predicted molar refractivity (Wildman–Crippen MR) is 137 cm³/mol. The van der Waals surface area contributed by atoms with Crippen LogP contribution in [0.25, 0.3) is 11.1 Å². The Morgan fingerprint density at radius 1 is 1.08 bits per heavy atom. The summed E-state index contributed by atoms with van der Waals surface area (Å²) in [6.07, 6.45) is 3.96. The molecule has 8 heteroatoms. The molecule has 36 heavy (non-hydrogen) atoms. The number of carbonyl (C=O) groups excluding carboxylic acids is 2. The molecule has 186 valence electrons. The van der Waals surface area contributed by atoms with E-state index in [9.17, 15) is 18.4 Å². The van der Waals surface area contributed by atoms with Gasteiger partial charge in [0, 0.05) is 30.1 Å². The summed E-state index contributed by atoms with van der Waals surface area (Å²) in [4.78, 5) is 30.5. The van der Waals surface area contributed by atoms with E-state index < -0.39 is 23.7 Å². The Morgan fingerprint density at radius 3 is 2.56 bits per heavy atom. The van der Waals surface area contributed by atoms with Crippen molar-refractivity contribution in [3.63, 3.8) is 0 Å². The quantitative estimate of drug-likeness (QED) is 0.407. The van der Waals surface area contributed by atoms with Gasteiger partial charge in [-0.1, -0.05) is 32.0 Å². The van der Waals surface area contributed by atoms with Crippen LogP contribution in [-0.2, 0) is 21.9 Å². The van der Waals surface area contributed by atoms with Gasteiger partial charge in [-0.3, -0.25) is 14.6 Å². The van der Waals surface area contributed by atoms with Crippen molar-refractivity contribution in [2.45, 2.75) is 46.5 Å². The van der Waals surface area contributed by atoms with Gasteiger partial charge in [-0.2, -0.15) is 10.1 Å². The molecule has 6 nitrogen and oxygen atoms in total. The minimum absolute atomic E-state index is 0.192. The van der Waals surface area contributed by atoms with Crippen LogP contribution in [0.5, 0.6) is 0 Å². The first-order valence-corrected chi connectivity index (χ1v) is 11.9. The Labute approximate surface area is 209 Å². The maximum atomic E-state index is 14.1. The third-order valence-corrected chi connectivity index (χ3v) is 6.42.